The number of nitrogens with two attached hydrogens (primary N) is 1. The van der Waals surface area contributed by atoms with Crippen molar-refractivity contribution >= 4 is 5.84 Å². The highest BCUT2D eigenvalue weighted by atomic mass is 16.5. The molecular weight excluding hydrogens is 252 g/mol. The summed E-state index contributed by atoms with van der Waals surface area (Å²) < 4.78 is 5.71. The molecule has 0 heterocycles. The number of nitrogens with zero attached hydrogens (tertiary/aromatic N) is 1. The number of ether oxygens (including phenoxy) is 1. The summed E-state index contributed by atoms with van der Waals surface area (Å²) >= 11 is 0. The minimum atomic E-state index is -0.370. The number of amidine groups is 1. The molecule has 4 heteroatoms. The van der Waals surface area contributed by atoms with Crippen LogP contribution in [0.1, 0.15) is 52.0 Å². The molecule has 1 aromatic carbocycles. The van der Waals surface area contributed by atoms with E-state index in [0.717, 1.165) is 12.2 Å². The van der Waals surface area contributed by atoms with Crippen LogP contribution in [0.15, 0.2) is 29.4 Å². The van der Waals surface area contributed by atoms with Crippen molar-refractivity contribution in [2.45, 2.75) is 46.5 Å². The smallest absolute Gasteiger partial charge is 0.144 e. The molecule has 0 aliphatic heterocycles. The maximum absolute atomic E-state index is 8.71. The van der Waals surface area contributed by atoms with E-state index in [9.17, 15) is 0 Å². The maximum atomic E-state index is 8.71. The molecule has 0 aliphatic rings. The van der Waals surface area contributed by atoms with Crippen LogP contribution in [0.5, 0.6) is 5.75 Å². The number of rotatable bonds is 7. The second-order valence-corrected chi connectivity index (χ2v) is 5.85. The molecule has 1 aromatic rings. The lowest BCUT2D eigenvalue weighted by molar-refractivity contribution is 0.259. The summed E-state index contributed by atoms with van der Waals surface area (Å²) in [4.78, 5) is 0. The van der Waals surface area contributed by atoms with Crippen LogP contribution >= 0.6 is 0 Å². The second kappa shape index (κ2) is 7.17. The number of benzene rings is 1. The predicted octanol–water partition coefficient (Wildman–Crippen LogP) is 3.74. The Bertz CT molecular complexity index is 438. The molecule has 0 amide bonds. The summed E-state index contributed by atoms with van der Waals surface area (Å²) in [6.07, 6.45) is 1.82. The van der Waals surface area contributed by atoms with Gasteiger partial charge in [-0.1, -0.05) is 45.0 Å². The van der Waals surface area contributed by atoms with Gasteiger partial charge < -0.3 is 15.7 Å². The molecule has 112 valence electrons. The van der Waals surface area contributed by atoms with Crippen LogP contribution in [-0.2, 0) is 0 Å². The van der Waals surface area contributed by atoms with E-state index in [2.05, 4.69) is 31.1 Å². The SMILES string of the molecule is CCC(C)c1ccc(OCCC(C)(C)/C(N)=N/O)cc1. The molecule has 0 spiro atoms. The van der Waals surface area contributed by atoms with Gasteiger partial charge in [-0.3, -0.25) is 0 Å². The van der Waals surface area contributed by atoms with Crippen LogP contribution in [0.3, 0.4) is 0 Å². The molecule has 0 radical (unpaired) electrons. The van der Waals surface area contributed by atoms with Gasteiger partial charge in [-0.05, 0) is 36.5 Å². The van der Waals surface area contributed by atoms with Crippen LogP contribution in [0.4, 0.5) is 0 Å². The maximum Gasteiger partial charge on any atom is 0.144 e. The molecule has 20 heavy (non-hydrogen) atoms. The topological polar surface area (TPSA) is 67.8 Å². The summed E-state index contributed by atoms with van der Waals surface area (Å²) in [5.74, 6) is 1.66. The highest BCUT2D eigenvalue weighted by molar-refractivity contribution is 5.85. The van der Waals surface area contributed by atoms with E-state index in [-0.39, 0.29) is 11.3 Å². The molecule has 0 fully saturated rings. The molecule has 0 aliphatic carbocycles. The van der Waals surface area contributed by atoms with Gasteiger partial charge in [0.1, 0.15) is 11.6 Å². The molecule has 0 saturated carbocycles. The van der Waals surface area contributed by atoms with Crippen molar-refractivity contribution in [2.24, 2.45) is 16.3 Å². The van der Waals surface area contributed by atoms with E-state index in [1.807, 2.05) is 26.0 Å². The molecular formula is C16H26N2O2. The Kier molecular flexibility index (Phi) is 5.86. The first-order chi connectivity index (χ1) is 9.40. The second-order valence-electron chi connectivity index (χ2n) is 5.85. The molecule has 3 N–H and O–H groups in total. The summed E-state index contributed by atoms with van der Waals surface area (Å²) in [7, 11) is 0. The van der Waals surface area contributed by atoms with Crippen molar-refractivity contribution < 1.29 is 9.94 Å². The van der Waals surface area contributed by atoms with Crippen molar-refractivity contribution in [2.75, 3.05) is 6.61 Å². The van der Waals surface area contributed by atoms with Gasteiger partial charge in [-0.25, -0.2) is 0 Å². The van der Waals surface area contributed by atoms with Gasteiger partial charge in [0.2, 0.25) is 0 Å². The fourth-order valence-corrected chi connectivity index (χ4v) is 1.82. The Morgan fingerprint density at radius 1 is 1.35 bits per heavy atom. The van der Waals surface area contributed by atoms with Gasteiger partial charge in [0.05, 0.1) is 6.61 Å². The molecule has 1 unspecified atom stereocenters. The van der Waals surface area contributed by atoms with Gasteiger partial charge >= 0.3 is 0 Å². The zero-order valence-corrected chi connectivity index (χ0v) is 12.9. The highest BCUT2D eigenvalue weighted by Crippen LogP contribution is 2.23. The van der Waals surface area contributed by atoms with E-state index < -0.39 is 0 Å². The lowest BCUT2D eigenvalue weighted by Crippen LogP contribution is -2.33. The quantitative estimate of drug-likeness (QED) is 0.345. The van der Waals surface area contributed by atoms with E-state index in [1.54, 1.807) is 0 Å². The lowest BCUT2D eigenvalue weighted by atomic mass is 9.88. The van der Waals surface area contributed by atoms with E-state index in [0.29, 0.717) is 18.9 Å². The lowest BCUT2D eigenvalue weighted by Gasteiger charge is -2.22. The van der Waals surface area contributed by atoms with Crippen LogP contribution < -0.4 is 10.5 Å². The molecule has 1 atom stereocenters. The Balaban J connectivity index is 2.51. The predicted molar refractivity (Wildman–Crippen MR) is 82.4 cm³/mol. The van der Waals surface area contributed by atoms with E-state index in [1.165, 1.54) is 5.56 Å². The Hall–Kier alpha value is -1.71. The standard InChI is InChI=1S/C16H26N2O2/c1-5-12(2)13-6-8-14(9-7-13)20-11-10-16(3,4)15(17)18-19/h6-9,12,19H,5,10-11H2,1-4H3,(H2,17,18). The average Bonchev–Trinajstić information content (AvgIpc) is 2.46. The fraction of sp³-hybridized carbons (Fsp3) is 0.562. The number of hydrogen-bond acceptors (Lipinski definition) is 3. The van der Waals surface area contributed by atoms with Crippen LogP contribution in [0.2, 0.25) is 0 Å². The first-order valence-electron chi connectivity index (χ1n) is 7.11. The molecule has 0 saturated heterocycles. The van der Waals surface area contributed by atoms with Crippen molar-refractivity contribution in [3.8, 4) is 5.75 Å². The van der Waals surface area contributed by atoms with E-state index >= 15 is 0 Å². The third-order valence-electron chi connectivity index (χ3n) is 3.86. The number of oxime groups is 1. The summed E-state index contributed by atoms with van der Waals surface area (Å²) in [5, 5.41) is 11.8. The van der Waals surface area contributed by atoms with Gasteiger partial charge in [0.15, 0.2) is 0 Å². The van der Waals surface area contributed by atoms with Gasteiger partial charge in [0, 0.05) is 5.41 Å². The molecule has 0 aromatic heterocycles. The number of hydrogen-bond donors (Lipinski definition) is 2. The largest absolute Gasteiger partial charge is 0.494 e. The first kappa shape index (κ1) is 16.3. The Morgan fingerprint density at radius 2 is 1.95 bits per heavy atom. The van der Waals surface area contributed by atoms with Gasteiger partial charge in [-0.2, -0.15) is 0 Å². The van der Waals surface area contributed by atoms with Crippen LogP contribution in [0.25, 0.3) is 0 Å². The Labute approximate surface area is 121 Å². The van der Waals surface area contributed by atoms with Crippen molar-refractivity contribution in [3.05, 3.63) is 29.8 Å². The summed E-state index contributed by atoms with van der Waals surface area (Å²) in [6, 6.07) is 8.21. The third-order valence-corrected chi connectivity index (χ3v) is 3.86. The summed E-state index contributed by atoms with van der Waals surface area (Å²) in [6.45, 7) is 8.79. The molecule has 1 rings (SSSR count). The molecule has 0 bridgehead atoms. The fourth-order valence-electron chi connectivity index (χ4n) is 1.82. The van der Waals surface area contributed by atoms with Crippen molar-refractivity contribution in [1.82, 2.24) is 0 Å². The highest BCUT2D eigenvalue weighted by Gasteiger charge is 2.23. The van der Waals surface area contributed by atoms with Crippen molar-refractivity contribution in [1.29, 1.82) is 0 Å². The first-order valence-corrected chi connectivity index (χ1v) is 7.11. The van der Waals surface area contributed by atoms with Crippen molar-refractivity contribution in [3.63, 3.8) is 0 Å². The zero-order chi connectivity index (χ0) is 15.2. The summed E-state index contributed by atoms with van der Waals surface area (Å²) in [5.41, 5.74) is 6.60. The monoisotopic (exact) mass is 278 g/mol. The Morgan fingerprint density at radius 3 is 2.45 bits per heavy atom. The zero-order valence-electron chi connectivity index (χ0n) is 12.9. The van der Waals surface area contributed by atoms with Crippen LogP contribution in [-0.4, -0.2) is 17.6 Å². The van der Waals surface area contributed by atoms with Gasteiger partial charge in [0.25, 0.3) is 0 Å². The van der Waals surface area contributed by atoms with Gasteiger partial charge in [-0.15, -0.1) is 0 Å². The minimum Gasteiger partial charge on any atom is -0.494 e. The average molecular weight is 278 g/mol. The third kappa shape index (κ3) is 4.44. The van der Waals surface area contributed by atoms with E-state index in [4.69, 9.17) is 15.7 Å². The molecule has 4 nitrogen and oxygen atoms in total. The van der Waals surface area contributed by atoms with Crippen LogP contribution in [0, 0.1) is 5.41 Å². The normalized spacial score (nSPS) is 14.1. The minimum absolute atomic E-state index is 0.230.